The fourth-order valence-corrected chi connectivity index (χ4v) is 3.53. The Labute approximate surface area is 164 Å². The van der Waals surface area contributed by atoms with Gasteiger partial charge in [-0.3, -0.25) is 9.69 Å². The standard InChI is InChI=1S/C22H26F2N2O2/c1-15-10-20(8-9-21(15)24)28-14-22(27)26-12-16(2)25(11-17(26)3)13-18-4-6-19(23)7-5-18/h4-10,16-17H,11-14H2,1-3H3/t16-,17+/m1/s1. The zero-order valence-corrected chi connectivity index (χ0v) is 16.5. The van der Waals surface area contributed by atoms with Crippen LogP contribution in [0.15, 0.2) is 42.5 Å². The molecule has 150 valence electrons. The second-order valence-corrected chi connectivity index (χ2v) is 7.50. The molecule has 0 aliphatic carbocycles. The molecule has 0 saturated carbocycles. The van der Waals surface area contributed by atoms with Crippen LogP contribution < -0.4 is 4.74 Å². The number of halogens is 2. The Kier molecular flexibility index (Phi) is 6.29. The second kappa shape index (κ2) is 8.69. The molecule has 1 saturated heterocycles. The van der Waals surface area contributed by atoms with Crippen LogP contribution in [0.1, 0.15) is 25.0 Å². The van der Waals surface area contributed by atoms with Crippen molar-refractivity contribution in [3.63, 3.8) is 0 Å². The summed E-state index contributed by atoms with van der Waals surface area (Å²) < 4.78 is 32.0. The lowest BCUT2D eigenvalue weighted by atomic mass is 10.1. The SMILES string of the molecule is Cc1cc(OCC(=O)N2C[C@@H](C)N(Cc3ccc(F)cc3)C[C@@H]2C)ccc1F. The molecule has 6 heteroatoms. The van der Waals surface area contributed by atoms with Crippen LogP contribution in [-0.4, -0.2) is 47.5 Å². The van der Waals surface area contributed by atoms with Crippen molar-refractivity contribution in [2.24, 2.45) is 0 Å². The van der Waals surface area contributed by atoms with Crippen LogP contribution in [0, 0.1) is 18.6 Å². The summed E-state index contributed by atoms with van der Waals surface area (Å²) in [5.74, 6) is -0.124. The van der Waals surface area contributed by atoms with Gasteiger partial charge in [0.15, 0.2) is 6.61 Å². The maximum Gasteiger partial charge on any atom is 0.260 e. The quantitative estimate of drug-likeness (QED) is 0.782. The summed E-state index contributed by atoms with van der Waals surface area (Å²) in [6.45, 7) is 7.75. The maximum atomic E-state index is 13.3. The molecule has 0 aromatic heterocycles. The molecule has 3 rings (SSSR count). The summed E-state index contributed by atoms with van der Waals surface area (Å²) in [7, 11) is 0. The largest absolute Gasteiger partial charge is 0.484 e. The highest BCUT2D eigenvalue weighted by Crippen LogP contribution is 2.20. The van der Waals surface area contributed by atoms with Gasteiger partial charge in [-0.2, -0.15) is 0 Å². The molecular weight excluding hydrogens is 362 g/mol. The van der Waals surface area contributed by atoms with Gasteiger partial charge >= 0.3 is 0 Å². The third kappa shape index (κ3) is 4.87. The van der Waals surface area contributed by atoms with Gasteiger partial charge in [-0.1, -0.05) is 12.1 Å². The number of hydrogen-bond donors (Lipinski definition) is 0. The van der Waals surface area contributed by atoms with E-state index in [2.05, 4.69) is 11.8 Å². The zero-order chi connectivity index (χ0) is 20.3. The van der Waals surface area contributed by atoms with Crippen molar-refractivity contribution in [1.29, 1.82) is 0 Å². The normalized spacial score (nSPS) is 20.2. The molecule has 2 aromatic carbocycles. The highest BCUT2D eigenvalue weighted by Gasteiger charge is 2.32. The number of ether oxygens (including phenoxy) is 1. The van der Waals surface area contributed by atoms with E-state index in [0.717, 1.165) is 18.7 Å². The van der Waals surface area contributed by atoms with E-state index in [-0.39, 0.29) is 36.2 Å². The van der Waals surface area contributed by atoms with E-state index in [1.165, 1.54) is 24.3 Å². The Hall–Kier alpha value is -2.47. The number of carbonyl (C=O) groups excluding carboxylic acids is 1. The fourth-order valence-electron chi connectivity index (χ4n) is 3.53. The number of benzene rings is 2. The fraction of sp³-hybridized carbons (Fsp3) is 0.409. The van der Waals surface area contributed by atoms with Crippen molar-refractivity contribution in [3.05, 3.63) is 65.2 Å². The summed E-state index contributed by atoms with van der Waals surface area (Å²) in [5.41, 5.74) is 1.54. The van der Waals surface area contributed by atoms with Crippen molar-refractivity contribution in [3.8, 4) is 5.75 Å². The van der Waals surface area contributed by atoms with Crippen LogP contribution in [0.5, 0.6) is 5.75 Å². The van der Waals surface area contributed by atoms with Crippen molar-refractivity contribution >= 4 is 5.91 Å². The van der Waals surface area contributed by atoms with E-state index in [1.807, 2.05) is 11.8 Å². The monoisotopic (exact) mass is 388 g/mol. The minimum Gasteiger partial charge on any atom is -0.484 e. The predicted molar refractivity (Wildman–Crippen MR) is 104 cm³/mol. The zero-order valence-electron chi connectivity index (χ0n) is 16.5. The van der Waals surface area contributed by atoms with E-state index >= 15 is 0 Å². The minimum atomic E-state index is -0.293. The number of hydrogen-bond acceptors (Lipinski definition) is 3. The van der Waals surface area contributed by atoms with Crippen LogP contribution >= 0.6 is 0 Å². The summed E-state index contributed by atoms with van der Waals surface area (Å²) in [4.78, 5) is 16.8. The molecule has 1 aliphatic heterocycles. The Morgan fingerprint density at radius 3 is 2.46 bits per heavy atom. The van der Waals surface area contributed by atoms with Gasteiger partial charge in [0.2, 0.25) is 0 Å². The Bertz CT molecular complexity index is 826. The van der Waals surface area contributed by atoms with Gasteiger partial charge in [-0.25, -0.2) is 8.78 Å². The Morgan fingerprint density at radius 1 is 1.07 bits per heavy atom. The molecule has 1 fully saturated rings. The molecule has 0 unspecified atom stereocenters. The Balaban J connectivity index is 1.56. The lowest BCUT2D eigenvalue weighted by molar-refractivity contribution is -0.139. The summed E-state index contributed by atoms with van der Waals surface area (Å²) in [6.07, 6.45) is 0. The number of rotatable bonds is 5. The van der Waals surface area contributed by atoms with E-state index in [9.17, 15) is 13.6 Å². The second-order valence-electron chi connectivity index (χ2n) is 7.50. The first-order chi connectivity index (χ1) is 13.3. The molecule has 1 amide bonds. The number of aryl methyl sites for hydroxylation is 1. The van der Waals surface area contributed by atoms with Crippen LogP contribution in [0.25, 0.3) is 0 Å². The van der Waals surface area contributed by atoms with Crippen LogP contribution in [-0.2, 0) is 11.3 Å². The van der Waals surface area contributed by atoms with E-state index < -0.39 is 0 Å². The van der Waals surface area contributed by atoms with Crippen molar-refractivity contribution in [2.45, 2.75) is 39.4 Å². The first-order valence-electron chi connectivity index (χ1n) is 9.50. The molecule has 0 radical (unpaired) electrons. The van der Waals surface area contributed by atoms with Gasteiger partial charge in [0.05, 0.1) is 0 Å². The molecule has 1 aliphatic rings. The maximum absolute atomic E-state index is 13.3. The van der Waals surface area contributed by atoms with E-state index in [0.29, 0.717) is 17.9 Å². The molecule has 1 heterocycles. The number of piperazine rings is 1. The lowest BCUT2D eigenvalue weighted by Crippen LogP contribution is -2.58. The molecule has 0 spiro atoms. The molecule has 4 nitrogen and oxygen atoms in total. The van der Waals surface area contributed by atoms with E-state index in [1.54, 1.807) is 25.1 Å². The average molecular weight is 388 g/mol. The predicted octanol–water partition coefficient (Wildman–Crippen LogP) is 3.77. The average Bonchev–Trinajstić information content (AvgIpc) is 2.67. The van der Waals surface area contributed by atoms with Crippen molar-refractivity contribution in [2.75, 3.05) is 19.7 Å². The highest BCUT2D eigenvalue weighted by molar-refractivity contribution is 5.78. The molecular formula is C22H26F2N2O2. The molecule has 2 atom stereocenters. The first kappa shape index (κ1) is 20.3. The van der Waals surface area contributed by atoms with Gasteiger partial charge in [0.1, 0.15) is 17.4 Å². The van der Waals surface area contributed by atoms with Crippen molar-refractivity contribution < 1.29 is 18.3 Å². The number of nitrogens with zero attached hydrogens (tertiary/aromatic N) is 2. The smallest absolute Gasteiger partial charge is 0.260 e. The lowest BCUT2D eigenvalue weighted by Gasteiger charge is -2.44. The third-order valence-corrected chi connectivity index (χ3v) is 5.23. The third-order valence-electron chi connectivity index (χ3n) is 5.23. The summed E-state index contributed by atoms with van der Waals surface area (Å²) in [5, 5.41) is 0. The van der Waals surface area contributed by atoms with Gasteiger partial charge in [0.25, 0.3) is 5.91 Å². The molecule has 0 bridgehead atoms. The highest BCUT2D eigenvalue weighted by atomic mass is 19.1. The topological polar surface area (TPSA) is 32.8 Å². The van der Waals surface area contributed by atoms with E-state index in [4.69, 9.17) is 4.74 Å². The minimum absolute atomic E-state index is 0.0442. The first-order valence-corrected chi connectivity index (χ1v) is 9.50. The number of amides is 1. The van der Waals surface area contributed by atoms with Gasteiger partial charge in [0, 0.05) is 31.7 Å². The molecule has 0 N–H and O–H groups in total. The molecule has 28 heavy (non-hydrogen) atoms. The summed E-state index contributed by atoms with van der Waals surface area (Å²) in [6, 6.07) is 11.2. The van der Waals surface area contributed by atoms with Gasteiger partial charge < -0.3 is 9.64 Å². The van der Waals surface area contributed by atoms with Crippen LogP contribution in [0.4, 0.5) is 8.78 Å². The van der Waals surface area contributed by atoms with Gasteiger partial charge in [-0.05, 0) is 62.2 Å². The van der Waals surface area contributed by atoms with Crippen LogP contribution in [0.2, 0.25) is 0 Å². The summed E-state index contributed by atoms with van der Waals surface area (Å²) >= 11 is 0. The van der Waals surface area contributed by atoms with Gasteiger partial charge in [-0.15, -0.1) is 0 Å². The van der Waals surface area contributed by atoms with Crippen LogP contribution in [0.3, 0.4) is 0 Å². The van der Waals surface area contributed by atoms with Crippen molar-refractivity contribution in [1.82, 2.24) is 9.80 Å². The Morgan fingerprint density at radius 2 is 1.79 bits per heavy atom. The number of carbonyl (C=O) groups is 1. The molecule has 2 aromatic rings.